The van der Waals surface area contributed by atoms with Crippen LogP contribution in [0.2, 0.25) is 10.0 Å². The Morgan fingerprint density at radius 3 is 2.27 bits per heavy atom. The zero-order valence-corrected chi connectivity index (χ0v) is 25.2. The number of anilines is 1. The van der Waals surface area contributed by atoms with Crippen LogP contribution in [0.5, 0.6) is 5.75 Å². The van der Waals surface area contributed by atoms with Crippen LogP contribution in [0.4, 0.5) is 5.69 Å². The number of hydrogen-bond acceptors (Lipinski definition) is 5. The number of amides is 2. The third kappa shape index (κ3) is 8.13. The van der Waals surface area contributed by atoms with Crippen LogP contribution in [-0.4, -0.2) is 57.6 Å². The molecular weight excluding hydrogens is 573 g/mol. The number of carbonyl (C=O) groups excluding carboxylic acids is 2. The molecule has 3 aromatic carbocycles. The topological polar surface area (TPSA) is 96.0 Å². The zero-order chi connectivity index (χ0) is 29.4. The van der Waals surface area contributed by atoms with Gasteiger partial charge in [-0.25, -0.2) is 8.42 Å². The SMILES string of the molecule is CCNC(=O)[C@H](Cc1ccccc1)N(Cc1ccc(Cl)c(Cl)c1)C(=O)CN(c1cc(C)ccc1OC)S(C)(=O)=O. The average molecular weight is 607 g/mol. The molecule has 3 rings (SSSR count). The molecule has 0 spiro atoms. The van der Waals surface area contributed by atoms with Gasteiger partial charge in [-0.1, -0.05) is 65.7 Å². The van der Waals surface area contributed by atoms with Crippen LogP contribution in [0.3, 0.4) is 0 Å². The summed E-state index contributed by atoms with van der Waals surface area (Å²) in [5, 5.41) is 3.46. The second-order valence-corrected chi connectivity index (χ2v) is 12.0. The predicted molar refractivity (Wildman–Crippen MR) is 160 cm³/mol. The molecule has 0 unspecified atom stereocenters. The second-order valence-electron chi connectivity index (χ2n) is 9.32. The lowest BCUT2D eigenvalue weighted by Gasteiger charge is -2.33. The first kappa shape index (κ1) is 31.3. The number of aryl methyl sites for hydroxylation is 1. The second kappa shape index (κ2) is 13.9. The minimum absolute atomic E-state index is 0.00703. The van der Waals surface area contributed by atoms with Gasteiger partial charge in [-0.2, -0.15) is 0 Å². The maximum atomic E-state index is 14.1. The van der Waals surface area contributed by atoms with E-state index in [1.165, 1.54) is 12.0 Å². The summed E-state index contributed by atoms with van der Waals surface area (Å²) >= 11 is 12.4. The van der Waals surface area contributed by atoms with E-state index in [-0.39, 0.29) is 24.6 Å². The van der Waals surface area contributed by atoms with E-state index < -0.39 is 28.5 Å². The van der Waals surface area contributed by atoms with Crippen molar-refractivity contribution in [1.82, 2.24) is 10.2 Å². The smallest absolute Gasteiger partial charge is 0.244 e. The van der Waals surface area contributed by atoms with E-state index in [1.807, 2.05) is 37.3 Å². The number of ether oxygens (including phenoxy) is 1. The number of nitrogens with zero attached hydrogens (tertiary/aromatic N) is 2. The van der Waals surface area contributed by atoms with E-state index in [1.54, 1.807) is 43.3 Å². The van der Waals surface area contributed by atoms with Gasteiger partial charge in [-0.15, -0.1) is 0 Å². The van der Waals surface area contributed by atoms with Gasteiger partial charge in [0.15, 0.2) is 0 Å². The van der Waals surface area contributed by atoms with Crippen molar-refractivity contribution in [3.63, 3.8) is 0 Å². The molecule has 0 radical (unpaired) electrons. The standard InChI is InChI=1S/C29H33Cl2N3O5S/c1-5-32-29(36)26(17-21-9-7-6-8-10-21)33(18-22-12-13-23(30)24(31)16-22)28(35)19-34(40(4,37)38)25-15-20(2)11-14-27(25)39-3/h6-16,26H,5,17-19H2,1-4H3,(H,32,36)/t26-/m0/s1. The molecule has 0 aliphatic heterocycles. The van der Waals surface area contributed by atoms with Crippen LogP contribution in [0.25, 0.3) is 0 Å². The highest BCUT2D eigenvalue weighted by Gasteiger charge is 2.33. The van der Waals surface area contributed by atoms with Crippen LogP contribution in [0.1, 0.15) is 23.6 Å². The normalized spacial score (nSPS) is 11.9. The Labute approximate surface area is 245 Å². The van der Waals surface area contributed by atoms with Crippen LogP contribution >= 0.6 is 23.2 Å². The number of carbonyl (C=O) groups is 2. The van der Waals surface area contributed by atoms with Gasteiger partial charge in [-0.05, 0) is 54.8 Å². The Morgan fingerprint density at radius 2 is 1.68 bits per heavy atom. The lowest BCUT2D eigenvalue weighted by Crippen LogP contribution is -2.53. The largest absolute Gasteiger partial charge is 0.495 e. The van der Waals surface area contributed by atoms with Crippen LogP contribution in [0, 0.1) is 6.92 Å². The number of benzene rings is 3. The molecule has 8 nitrogen and oxygen atoms in total. The minimum atomic E-state index is -3.93. The third-order valence-corrected chi connectivity index (χ3v) is 8.11. The summed E-state index contributed by atoms with van der Waals surface area (Å²) in [6.07, 6.45) is 1.24. The Balaban J connectivity index is 2.10. The fourth-order valence-corrected chi connectivity index (χ4v) is 5.44. The van der Waals surface area contributed by atoms with Crippen molar-refractivity contribution in [2.75, 3.05) is 30.8 Å². The van der Waals surface area contributed by atoms with Gasteiger partial charge in [0.2, 0.25) is 21.8 Å². The summed E-state index contributed by atoms with van der Waals surface area (Å²) in [7, 11) is -2.50. The van der Waals surface area contributed by atoms with Crippen molar-refractivity contribution in [3.8, 4) is 5.75 Å². The Kier molecular flexibility index (Phi) is 10.8. The molecule has 0 saturated heterocycles. The first-order valence-corrected chi connectivity index (χ1v) is 15.2. The number of nitrogens with one attached hydrogen (secondary N) is 1. The number of halogens is 2. The molecule has 40 heavy (non-hydrogen) atoms. The van der Waals surface area contributed by atoms with Gasteiger partial charge in [0.25, 0.3) is 0 Å². The van der Waals surface area contributed by atoms with E-state index in [0.29, 0.717) is 27.9 Å². The highest BCUT2D eigenvalue weighted by molar-refractivity contribution is 7.92. The van der Waals surface area contributed by atoms with Crippen molar-refractivity contribution in [2.24, 2.45) is 0 Å². The summed E-state index contributed by atoms with van der Waals surface area (Å²) in [5.74, 6) is -0.643. The van der Waals surface area contributed by atoms with Gasteiger partial charge >= 0.3 is 0 Å². The fourth-order valence-electron chi connectivity index (χ4n) is 4.27. The quantitative estimate of drug-likeness (QED) is 0.318. The molecule has 0 aliphatic rings. The number of methoxy groups -OCH3 is 1. The first-order valence-electron chi connectivity index (χ1n) is 12.6. The molecule has 2 amide bonds. The van der Waals surface area contributed by atoms with Crippen molar-refractivity contribution in [2.45, 2.75) is 32.9 Å². The molecule has 1 atom stereocenters. The Hall–Kier alpha value is -3.27. The molecule has 1 N–H and O–H groups in total. The molecule has 0 aromatic heterocycles. The van der Waals surface area contributed by atoms with Crippen molar-refractivity contribution < 1.29 is 22.7 Å². The fraction of sp³-hybridized carbons (Fsp3) is 0.310. The summed E-state index contributed by atoms with van der Waals surface area (Å²) in [6, 6.07) is 18.4. The van der Waals surface area contributed by atoms with E-state index >= 15 is 0 Å². The van der Waals surface area contributed by atoms with Gasteiger partial charge in [0, 0.05) is 19.5 Å². The van der Waals surface area contributed by atoms with Crippen LogP contribution in [0.15, 0.2) is 66.7 Å². The number of rotatable bonds is 12. The van der Waals surface area contributed by atoms with E-state index in [2.05, 4.69) is 5.32 Å². The lowest BCUT2D eigenvalue weighted by atomic mass is 10.0. The number of hydrogen-bond donors (Lipinski definition) is 1. The first-order chi connectivity index (χ1) is 18.9. The number of likely N-dealkylation sites (N-methyl/N-ethyl adjacent to an activating group) is 1. The van der Waals surface area contributed by atoms with Crippen molar-refractivity contribution in [1.29, 1.82) is 0 Å². The van der Waals surface area contributed by atoms with Crippen LogP contribution < -0.4 is 14.4 Å². The molecular formula is C29H33Cl2N3O5S. The number of sulfonamides is 1. The lowest BCUT2D eigenvalue weighted by molar-refractivity contribution is -0.140. The highest BCUT2D eigenvalue weighted by Crippen LogP contribution is 2.31. The van der Waals surface area contributed by atoms with Crippen molar-refractivity contribution >= 4 is 50.7 Å². The molecule has 0 saturated carbocycles. The summed E-state index contributed by atoms with van der Waals surface area (Å²) in [6.45, 7) is 3.40. The van der Waals surface area contributed by atoms with E-state index in [4.69, 9.17) is 27.9 Å². The van der Waals surface area contributed by atoms with Gasteiger partial charge in [-0.3, -0.25) is 13.9 Å². The summed E-state index contributed by atoms with van der Waals surface area (Å²) in [5.41, 5.74) is 2.48. The molecule has 0 fully saturated rings. The highest BCUT2D eigenvalue weighted by atomic mass is 35.5. The summed E-state index contributed by atoms with van der Waals surface area (Å²) < 4.78 is 32.4. The molecule has 11 heteroatoms. The van der Waals surface area contributed by atoms with E-state index in [0.717, 1.165) is 21.7 Å². The van der Waals surface area contributed by atoms with E-state index in [9.17, 15) is 18.0 Å². The van der Waals surface area contributed by atoms with Gasteiger partial charge in [0.05, 0.1) is 29.1 Å². The molecule has 0 bridgehead atoms. The average Bonchev–Trinajstić information content (AvgIpc) is 2.91. The molecule has 214 valence electrons. The Morgan fingerprint density at radius 1 is 0.975 bits per heavy atom. The maximum Gasteiger partial charge on any atom is 0.244 e. The molecule has 0 heterocycles. The molecule has 0 aliphatic carbocycles. The van der Waals surface area contributed by atoms with Gasteiger partial charge in [0.1, 0.15) is 18.3 Å². The molecule has 3 aromatic rings. The van der Waals surface area contributed by atoms with Crippen LogP contribution in [-0.2, 0) is 32.6 Å². The minimum Gasteiger partial charge on any atom is -0.495 e. The monoisotopic (exact) mass is 605 g/mol. The maximum absolute atomic E-state index is 14.1. The predicted octanol–water partition coefficient (Wildman–Crippen LogP) is 4.85. The Bertz CT molecular complexity index is 1450. The zero-order valence-electron chi connectivity index (χ0n) is 22.9. The van der Waals surface area contributed by atoms with Crippen molar-refractivity contribution in [3.05, 3.63) is 93.5 Å². The summed E-state index contributed by atoms with van der Waals surface area (Å²) in [4.78, 5) is 28.9. The van der Waals surface area contributed by atoms with Gasteiger partial charge < -0.3 is 15.0 Å². The third-order valence-electron chi connectivity index (χ3n) is 6.24.